The van der Waals surface area contributed by atoms with Crippen LogP contribution in [0.1, 0.15) is 32.1 Å². The van der Waals surface area contributed by atoms with Gasteiger partial charge < -0.3 is 21.7 Å². The quantitative estimate of drug-likeness (QED) is 0.509. The lowest BCUT2D eigenvalue weighted by Gasteiger charge is -2.20. The lowest BCUT2D eigenvalue weighted by atomic mass is 10.0. The van der Waals surface area contributed by atoms with Gasteiger partial charge in [0.05, 0.1) is 6.04 Å². The van der Waals surface area contributed by atoms with E-state index in [1.165, 1.54) is 12.8 Å². The van der Waals surface area contributed by atoms with E-state index in [2.05, 4.69) is 16.0 Å². The fourth-order valence-electron chi connectivity index (χ4n) is 1.92. The zero-order valence-corrected chi connectivity index (χ0v) is 10.1. The van der Waals surface area contributed by atoms with Crippen molar-refractivity contribution in [2.45, 2.75) is 38.1 Å². The van der Waals surface area contributed by atoms with Gasteiger partial charge in [-0.15, -0.1) is 0 Å². The topological polar surface area (TPSA) is 96.2 Å². The normalized spacial score (nSPS) is 21.1. The van der Waals surface area contributed by atoms with Gasteiger partial charge in [0.25, 0.3) is 0 Å². The van der Waals surface area contributed by atoms with Gasteiger partial charge in [-0.05, 0) is 19.4 Å². The van der Waals surface area contributed by atoms with Crippen LogP contribution in [0.2, 0.25) is 0 Å². The highest BCUT2D eigenvalue weighted by Crippen LogP contribution is 2.09. The number of primary amides is 1. The highest BCUT2D eigenvalue weighted by molar-refractivity contribution is 5.81. The first-order valence-electron chi connectivity index (χ1n) is 6.24. The van der Waals surface area contributed by atoms with E-state index in [4.69, 9.17) is 5.73 Å². The van der Waals surface area contributed by atoms with Crippen molar-refractivity contribution in [3.63, 3.8) is 0 Å². The summed E-state index contributed by atoms with van der Waals surface area (Å²) in [5.41, 5.74) is 4.92. The molecule has 0 spiro atoms. The van der Waals surface area contributed by atoms with Crippen LogP contribution in [-0.2, 0) is 4.79 Å². The minimum absolute atomic E-state index is 0.0122. The average Bonchev–Trinajstić information content (AvgIpc) is 2.23. The van der Waals surface area contributed by atoms with Crippen LogP contribution < -0.4 is 21.7 Å². The summed E-state index contributed by atoms with van der Waals surface area (Å²) in [6, 6.07) is -0.660. The van der Waals surface area contributed by atoms with Crippen LogP contribution in [0.15, 0.2) is 0 Å². The van der Waals surface area contributed by atoms with Crippen LogP contribution in [0.25, 0.3) is 0 Å². The van der Waals surface area contributed by atoms with Gasteiger partial charge in [0.1, 0.15) is 0 Å². The van der Waals surface area contributed by atoms with Gasteiger partial charge in [0.15, 0.2) is 0 Å². The lowest BCUT2D eigenvalue weighted by Crippen LogP contribution is -2.47. The molecule has 0 saturated carbocycles. The summed E-state index contributed by atoms with van der Waals surface area (Å²) in [5.74, 6) is 0.0122. The maximum Gasteiger partial charge on any atom is 0.312 e. The maximum absolute atomic E-state index is 11.8. The van der Waals surface area contributed by atoms with Crippen LogP contribution >= 0.6 is 0 Å². The van der Waals surface area contributed by atoms with E-state index in [9.17, 15) is 9.59 Å². The molecule has 0 aromatic rings. The molecule has 0 aliphatic carbocycles. The third kappa shape index (κ3) is 6.11. The molecule has 0 aromatic carbocycles. The lowest BCUT2D eigenvalue weighted by molar-refractivity contribution is -0.123. The molecule has 1 fully saturated rings. The zero-order valence-electron chi connectivity index (χ0n) is 10.1. The Hall–Kier alpha value is -1.30. The number of carbonyl (C=O) groups is 2. The Labute approximate surface area is 102 Å². The van der Waals surface area contributed by atoms with E-state index in [1.54, 1.807) is 0 Å². The summed E-state index contributed by atoms with van der Waals surface area (Å²) < 4.78 is 0. The van der Waals surface area contributed by atoms with Crippen molar-refractivity contribution in [3.8, 4) is 0 Å². The van der Waals surface area contributed by atoms with Gasteiger partial charge in [0.2, 0.25) is 5.91 Å². The molecule has 1 unspecified atom stereocenters. The second kappa shape index (κ2) is 7.89. The average molecular weight is 242 g/mol. The van der Waals surface area contributed by atoms with Crippen molar-refractivity contribution in [1.29, 1.82) is 0 Å². The molecule has 3 amide bonds. The van der Waals surface area contributed by atoms with E-state index in [0.717, 1.165) is 25.8 Å². The third-order valence-electron chi connectivity index (χ3n) is 2.85. The number of urea groups is 1. The van der Waals surface area contributed by atoms with Crippen LogP contribution in [0.5, 0.6) is 0 Å². The molecule has 1 saturated heterocycles. The molecular weight excluding hydrogens is 220 g/mol. The predicted molar refractivity (Wildman–Crippen MR) is 65.5 cm³/mol. The van der Waals surface area contributed by atoms with Crippen LogP contribution in [-0.4, -0.2) is 37.6 Å². The SMILES string of the molecule is NC(=O)NCCNC(=O)C1CCCCCCN1. The third-order valence-corrected chi connectivity index (χ3v) is 2.85. The smallest absolute Gasteiger partial charge is 0.312 e. The zero-order chi connectivity index (χ0) is 12.5. The molecule has 17 heavy (non-hydrogen) atoms. The van der Waals surface area contributed by atoms with Gasteiger partial charge in [-0.1, -0.05) is 19.3 Å². The number of nitrogens with one attached hydrogen (secondary N) is 3. The van der Waals surface area contributed by atoms with Crippen LogP contribution in [0.3, 0.4) is 0 Å². The van der Waals surface area contributed by atoms with Crippen molar-refractivity contribution in [2.75, 3.05) is 19.6 Å². The van der Waals surface area contributed by atoms with Crippen LogP contribution in [0.4, 0.5) is 4.79 Å². The Kier molecular flexibility index (Phi) is 6.39. The van der Waals surface area contributed by atoms with Crippen molar-refractivity contribution in [1.82, 2.24) is 16.0 Å². The minimum Gasteiger partial charge on any atom is -0.353 e. The highest BCUT2D eigenvalue weighted by atomic mass is 16.2. The first kappa shape index (κ1) is 13.8. The summed E-state index contributed by atoms with van der Waals surface area (Å²) >= 11 is 0. The summed E-state index contributed by atoms with van der Waals surface area (Å²) in [6.07, 6.45) is 5.55. The number of nitrogens with two attached hydrogens (primary N) is 1. The fraction of sp³-hybridized carbons (Fsp3) is 0.818. The standard InChI is InChI=1S/C11H22N4O2/c12-11(17)15-8-7-14-10(16)9-5-3-1-2-4-6-13-9/h9,13H,1-8H2,(H,14,16)(H3,12,15,17). The molecule has 1 heterocycles. The minimum atomic E-state index is -0.566. The Balaban J connectivity index is 2.18. The fourth-order valence-corrected chi connectivity index (χ4v) is 1.92. The summed E-state index contributed by atoms with van der Waals surface area (Å²) in [6.45, 7) is 1.69. The molecular formula is C11H22N4O2. The number of carbonyl (C=O) groups excluding carboxylic acids is 2. The monoisotopic (exact) mass is 242 g/mol. The van der Waals surface area contributed by atoms with Gasteiger partial charge in [-0.3, -0.25) is 4.79 Å². The number of hydrogen-bond donors (Lipinski definition) is 4. The van der Waals surface area contributed by atoms with Gasteiger partial charge in [0, 0.05) is 13.1 Å². The van der Waals surface area contributed by atoms with E-state index in [1.807, 2.05) is 0 Å². The Bertz CT molecular complexity index is 250. The molecule has 1 rings (SSSR count). The van der Waals surface area contributed by atoms with E-state index in [-0.39, 0.29) is 11.9 Å². The predicted octanol–water partition coefficient (Wildman–Crippen LogP) is -0.307. The summed E-state index contributed by atoms with van der Waals surface area (Å²) in [4.78, 5) is 22.2. The van der Waals surface area contributed by atoms with Crippen molar-refractivity contribution in [2.24, 2.45) is 5.73 Å². The second-order valence-corrected chi connectivity index (χ2v) is 4.29. The van der Waals surface area contributed by atoms with Gasteiger partial charge in [-0.2, -0.15) is 0 Å². The molecule has 1 aliphatic heterocycles. The van der Waals surface area contributed by atoms with E-state index < -0.39 is 6.03 Å². The Morgan fingerprint density at radius 1 is 1.12 bits per heavy atom. The summed E-state index contributed by atoms with van der Waals surface area (Å²) in [7, 11) is 0. The van der Waals surface area contributed by atoms with Gasteiger partial charge >= 0.3 is 6.03 Å². The molecule has 1 aliphatic rings. The number of amides is 3. The molecule has 0 radical (unpaired) electrons. The van der Waals surface area contributed by atoms with E-state index in [0.29, 0.717) is 13.1 Å². The second-order valence-electron chi connectivity index (χ2n) is 4.29. The van der Waals surface area contributed by atoms with Crippen molar-refractivity contribution in [3.05, 3.63) is 0 Å². The maximum atomic E-state index is 11.8. The molecule has 1 atom stereocenters. The Morgan fingerprint density at radius 3 is 2.59 bits per heavy atom. The molecule has 98 valence electrons. The van der Waals surface area contributed by atoms with Gasteiger partial charge in [-0.25, -0.2) is 4.79 Å². The molecule has 6 heteroatoms. The molecule has 0 aromatic heterocycles. The summed E-state index contributed by atoms with van der Waals surface area (Å²) in [5, 5.41) is 8.46. The van der Waals surface area contributed by atoms with Crippen molar-refractivity contribution < 1.29 is 9.59 Å². The largest absolute Gasteiger partial charge is 0.353 e. The first-order valence-corrected chi connectivity index (χ1v) is 6.24. The highest BCUT2D eigenvalue weighted by Gasteiger charge is 2.17. The van der Waals surface area contributed by atoms with E-state index >= 15 is 0 Å². The Morgan fingerprint density at radius 2 is 1.82 bits per heavy atom. The number of rotatable bonds is 4. The van der Waals surface area contributed by atoms with Crippen LogP contribution in [0, 0.1) is 0 Å². The molecule has 6 nitrogen and oxygen atoms in total. The van der Waals surface area contributed by atoms with Crippen molar-refractivity contribution >= 4 is 11.9 Å². The first-order chi connectivity index (χ1) is 8.20. The molecule has 0 bridgehead atoms. The number of hydrogen-bond acceptors (Lipinski definition) is 3. The molecule has 5 N–H and O–H groups in total.